The third-order valence-corrected chi connectivity index (χ3v) is 5.51. The third-order valence-electron chi connectivity index (χ3n) is 5.51. The van der Waals surface area contributed by atoms with Crippen molar-refractivity contribution in [2.75, 3.05) is 39.3 Å². The molecule has 2 aliphatic heterocycles. The first kappa shape index (κ1) is 16.1. The zero-order valence-corrected chi connectivity index (χ0v) is 14.1. The van der Waals surface area contributed by atoms with Crippen molar-refractivity contribution in [3.05, 3.63) is 0 Å². The van der Waals surface area contributed by atoms with E-state index < -0.39 is 5.60 Å². The molecule has 1 unspecified atom stereocenters. The van der Waals surface area contributed by atoms with Gasteiger partial charge in [0, 0.05) is 25.7 Å². The molecule has 0 aromatic carbocycles. The second-order valence-corrected chi connectivity index (χ2v) is 7.23. The zero-order valence-electron chi connectivity index (χ0n) is 14.1. The number of guanidine groups is 1. The lowest BCUT2D eigenvalue weighted by Crippen LogP contribution is -2.46. The van der Waals surface area contributed by atoms with Gasteiger partial charge in [-0.05, 0) is 58.5 Å². The van der Waals surface area contributed by atoms with E-state index in [1.165, 1.54) is 38.8 Å². The molecule has 0 amide bonds. The molecule has 2 saturated heterocycles. The summed E-state index contributed by atoms with van der Waals surface area (Å²) in [6.07, 6.45) is 8.32. The molecule has 3 rings (SSSR count). The summed E-state index contributed by atoms with van der Waals surface area (Å²) in [5, 5.41) is 13.7. The van der Waals surface area contributed by atoms with Crippen LogP contribution in [0.2, 0.25) is 0 Å². The highest BCUT2D eigenvalue weighted by Crippen LogP contribution is 2.31. The number of piperidine rings is 1. The summed E-state index contributed by atoms with van der Waals surface area (Å²) >= 11 is 0. The van der Waals surface area contributed by atoms with Crippen LogP contribution in [-0.2, 0) is 0 Å². The molecule has 0 aromatic heterocycles. The van der Waals surface area contributed by atoms with E-state index in [4.69, 9.17) is 4.99 Å². The number of nitrogens with one attached hydrogen (secondary N) is 1. The zero-order chi connectivity index (χ0) is 15.4. The normalized spacial score (nSPS) is 29.5. The summed E-state index contributed by atoms with van der Waals surface area (Å²) < 4.78 is 0. The van der Waals surface area contributed by atoms with Gasteiger partial charge in [-0.25, -0.2) is 0 Å². The fourth-order valence-electron chi connectivity index (χ4n) is 3.91. The largest absolute Gasteiger partial charge is 0.388 e. The first-order valence-electron chi connectivity index (χ1n) is 9.20. The predicted molar refractivity (Wildman–Crippen MR) is 90.2 cm³/mol. The average molecular weight is 308 g/mol. The standard InChI is InChI=1S/C17H32N4O/c1-2-18-16(19-14-17(22)8-6-9-17)21-12-7-15(13-21)20-10-4-3-5-11-20/h15,22H,2-14H2,1H3,(H,18,19). The van der Waals surface area contributed by atoms with Crippen molar-refractivity contribution in [2.45, 2.75) is 63.5 Å². The monoisotopic (exact) mass is 308 g/mol. The van der Waals surface area contributed by atoms with Gasteiger partial charge in [0.15, 0.2) is 5.96 Å². The van der Waals surface area contributed by atoms with Crippen LogP contribution in [-0.4, -0.2) is 71.8 Å². The van der Waals surface area contributed by atoms with E-state index in [9.17, 15) is 5.11 Å². The van der Waals surface area contributed by atoms with Crippen molar-refractivity contribution in [2.24, 2.45) is 4.99 Å². The Kier molecular flexibility index (Phi) is 5.24. The number of aliphatic imine (C=N–C) groups is 1. The second kappa shape index (κ2) is 7.18. The summed E-state index contributed by atoms with van der Waals surface area (Å²) in [5.74, 6) is 1.00. The Morgan fingerprint density at radius 1 is 1.18 bits per heavy atom. The molecule has 2 heterocycles. The number of nitrogens with zero attached hydrogens (tertiary/aromatic N) is 3. The van der Waals surface area contributed by atoms with Crippen LogP contribution < -0.4 is 5.32 Å². The average Bonchev–Trinajstić information content (AvgIpc) is 3.00. The van der Waals surface area contributed by atoms with Crippen LogP contribution >= 0.6 is 0 Å². The van der Waals surface area contributed by atoms with Crippen LogP contribution in [0.3, 0.4) is 0 Å². The molecule has 5 nitrogen and oxygen atoms in total. The highest BCUT2D eigenvalue weighted by Gasteiger charge is 2.35. The van der Waals surface area contributed by atoms with Gasteiger partial charge in [0.05, 0.1) is 12.1 Å². The minimum absolute atomic E-state index is 0.521. The number of hydrogen-bond donors (Lipinski definition) is 2. The van der Waals surface area contributed by atoms with E-state index in [1.54, 1.807) is 0 Å². The number of aliphatic hydroxyl groups is 1. The van der Waals surface area contributed by atoms with Gasteiger partial charge in [0.25, 0.3) is 0 Å². The summed E-state index contributed by atoms with van der Waals surface area (Å²) in [7, 11) is 0. The highest BCUT2D eigenvalue weighted by atomic mass is 16.3. The van der Waals surface area contributed by atoms with Crippen LogP contribution in [0.5, 0.6) is 0 Å². The van der Waals surface area contributed by atoms with Crippen LogP contribution in [0, 0.1) is 0 Å². The Labute approximate surface area is 134 Å². The van der Waals surface area contributed by atoms with Gasteiger partial charge in [-0.1, -0.05) is 6.42 Å². The van der Waals surface area contributed by atoms with Crippen molar-refractivity contribution in [3.63, 3.8) is 0 Å². The first-order valence-corrected chi connectivity index (χ1v) is 9.20. The maximum atomic E-state index is 10.3. The van der Waals surface area contributed by atoms with Gasteiger partial charge >= 0.3 is 0 Å². The molecule has 0 spiro atoms. The van der Waals surface area contributed by atoms with Gasteiger partial charge in [0.2, 0.25) is 0 Å². The maximum Gasteiger partial charge on any atom is 0.194 e. The van der Waals surface area contributed by atoms with Crippen LogP contribution in [0.25, 0.3) is 0 Å². The van der Waals surface area contributed by atoms with Crippen LogP contribution in [0.15, 0.2) is 4.99 Å². The summed E-state index contributed by atoms with van der Waals surface area (Å²) in [6.45, 7) is 8.28. The van der Waals surface area contributed by atoms with Crippen LogP contribution in [0.4, 0.5) is 0 Å². The molecule has 2 N–H and O–H groups in total. The summed E-state index contributed by atoms with van der Waals surface area (Å²) in [4.78, 5) is 9.80. The van der Waals surface area contributed by atoms with E-state index in [1.807, 2.05) is 0 Å². The molecule has 1 atom stereocenters. The molecular weight excluding hydrogens is 276 g/mol. The number of hydrogen-bond acceptors (Lipinski definition) is 3. The Morgan fingerprint density at radius 3 is 2.59 bits per heavy atom. The fraction of sp³-hybridized carbons (Fsp3) is 0.941. The Balaban J connectivity index is 1.56. The molecule has 5 heteroatoms. The van der Waals surface area contributed by atoms with Gasteiger partial charge in [-0.3, -0.25) is 9.89 Å². The Hall–Kier alpha value is -0.810. The van der Waals surface area contributed by atoms with Gasteiger partial charge in [0.1, 0.15) is 0 Å². The van der Waals surface area contributed by atoms with Gasteiger partial charge in [-0.2, -0.15) is 0 Å². The molecule has 1 aliphatic carbocycles. The van der Waals surface area contributed by atoms with Crippen molar-refractivity contribution in [3.8, 4) is 0 Å². The van der Waals surface area contributed by atoms with E-state index in [0.29, 0.717) is 12.6 Å². The quantitative estimate of drug-likeness (QED) is 0.609. The van der Waals surface area contributed by atoms with E-state index in [2.05, 4.69) is 22.0 Å². The Bertz CT molecular complexity index is 388. The van der Waals surface area contributed by atoms with Crippen molar-refractivity contribution < 1.29 is 5.11 Å². The van der Waals surface area contributed by atoms with Gasteiger partial charge in [-0.15, -0.1) is 0 Å². The maximum absolute atomic E-state index is 10.3. The Morgan fingerprint density at radius 2 is 1.95 bits per heavy atom. The molecular formula is C17H32N4O. The van der Waals surface area contributed by atoms with Crippen molar-refractivity contribution >= 4 is 5.96 Å². The molecule has 3 fully saturated rings. The predicted octanol–water partition coefficient (Wildman–Crippen LogP) is 1.43. The van der Waals surface area contributed by atoms with Crippen molar-refractivity contribution in [1.82, 2.24) is 15.1 Å². The molecule has 0 radical (unpaired) electrons. The minimum Gasteiger partial charge on any atom is -0.388 e. The topological polar surface area (TPSA) is 51.1 Å². The van der Waals surface area contributed by atoms with E-state index in [0.717, 1.165) is 44.9 Å². The highest BCUT2D eigenvalue weighted by molar-refractivity contribution is 5.80. The molecule has 0 bridgehead atoms. The van der Waals surface area contributed by atoms with Crippen molar-refractivity contribution in [1.29, 1.82) is 0 Å². The number of rotatable bonds is 4. The van der Waals surface area contributed by atoms with E-state index >= 15 is 0 Å². The summed E-state index contributed by atoms with van der Waals surface area (Å²) in [5.41, 5.74) is -0.521. The molecule has 0 aromatic rings. The molecule has 126 valence electrons. The lowest BCUT2D eigenvalue weighted by atomic mass is 9.80. The van der Waals surface area contributed by atoms with E-state index in [-0.39, 0.29) is 0 Å². The third kappa shape index (κ3) is 3.74. The smallest absolute Gasteiger partial charge is 0.194 e. The molecule has 1 saturated carbocycles. The number of likely N-dealkylation sites (tertiary alicyclic amines) is 2. The lowest BCUT2D eigenvalue weighted by molar-refractivity contribution is -0.0237. The minimum atomic E-state index is -0.521. The van der Waals surface area contributed by atoms with Gasteiger partial charge < -0.3 is 15.3 Å². The lowest BCUT2D eigenvalue weighted by Gasteiger charge is -2.35. The fourth-order valence-corrected chi connectivity index (χ4v) is 3.91. The second-order valence-electron chi connectivity index (χ2n) is 7.23. The summed E-state index contributed by atoms with van der Waals surface area (Å²) in [6, 6.07) is 0.691. The SMILES string of the molecule is CCNC(=NCC1(O)CCC1)N1CCC(N2CCCCC2)C1. The van der Waals surface area contributed by atoms with Crippen LogP contribution in [0.1, 0.15) is 51.9 Å². The molecule has 3 aliphatic rings. The molecule has 22 heavy (non-hydrogen) atoms. The first-order chi connectivity index (χ1) is 10.7.